The Hall–Kier alpha value is -1.08. The number of rotatable bonds is 9. The van der Waals surface area contributed by atoms with Gasteiger partial charge in [0.1, 0.15) is 0 Å². The third-order valence-electron chi connectivity index (χ3n) is 2.52. The van der Waals surface area contributed by atoms with Gasteiger partial charge in [-0.3, -0.25) is 0 Å². The first-order valence-electron chi connectivity index (χ1n) is 6.05. The van der Waals surface area contributed by atoms with Gasteiger partial charge in [0.25, 0.3) is 0 Å². The summed E-state index contributed by atoms with van der Waals surface area (Å²) < 4.78 is 35.7. The zero-order chi connectivity index (χ0) is 14.1. The van der Waals surface area contributed by atoms with Gasteiger partial charge in [0.15, 0.2) is 11.6 Å². The van der Waals surface area contributed by atoms with Crippen molar-refractivity contribution in [2.45, 2.75) is 6.10 Å². The lowest BCUT2D eigenvalue weighted by molar-refractivity contribution is 0.0703. The summed E-state index contributed by atoms with van der Waals surface area (Å²) in [4.78, 5) is 0. The van der Waals surface area contributed by atoms with Crippen LogP contribution in [0, 0.1) is 11.6 Å². The molecule has 0 saturated carbocycles. The average molecular weight is 275 g/mol. The lowest BCUT2D eigenvalue weighted by Gasteiger charge is -2.12. The number of aliphatic hydroxyl groups is 1. The van der Waals surface area contributed by atoms with E-state index in [0.717, 1.165) is 12.1 Å². The molecule has 0 aromatic heterocycles. The zero-order valence-electron chi connectivity index (χ0n) is 10.9. The second kappa shape index (κ2) is 8.92. The van der Waals surface area contributed by atoms with E-state index in [-0.39, 0.29) is 6.54 Å². The number of hydrogen-bond acceptors (Lipinski definition) is 4. The van der Waals surface area contributed by atoms with E-state index >= 15 is 0 Å². The van der Waals surface area contributed by atoms with Crippen LogP contribution in [-0.2, 0) is 9.47 Å². The first-order chi connectivity index (χ1) is 9.15. The largest absolute Gasteiger partial charge is 0.387 e. The van der Waals surface area contributed by atoms with E-state index in [1.54, 1.807) is 7.11 Å². The van der Waals surface area contributed by atoms with Crippen LogP contribution in [0.3, 0.4) is 0 Å². The SMILES string of the molecule is COCCOCCNCC(O)c1ccc(F)c(F)c1. The monoisotopic (exact) mass is 275 g/mol. The summed E-state index contributed by atoms with van der Waals surface area (Å²) in [5, 5.41) is 12.7. The Morgan fingerprint density at radius 1 is 1.21 bits per heavy atom. The maximum Gasteiger partial charge on any atom is 0.159 e. The van der Waals surface area contributed by atoms with Gasteiger partial charge >= 0.3 is 0 Å². The predicted octanol–water partition coefficient (Wildman–Crippen LogP) is 1.25. The number of halogens is 2. The van der Waals surface area contributed by atoms with E-state index in [0.29, 0.717) is 31.9 Å². The summed E-state index contributed by atoms with van der Waals surface area (Å²) in [5.41, 5.74) is 0.340. The van der Waals surface area contributed by atoms with Crippen molar-refractivity contribution in [3.8, 4) is 0 Å². The molecule has 4 nitrogen and oxygen atoms in total. The highest BCUT2D eigenvalue weighted by Crippen LogP contribution is 2.15. The van der Waals surface area contributed by atoms with Crippen molar-refractivity contribution >= 4 is 0 Å². The number of nitrogens with one attached hydrogen (secondary N) is 1. The van der Waals surface area contributed by atoms with E-state index < -0.39 is 17.7 Å². The Balaban J connectivity index is 2.20. The lowest BCUT2D eigenvalue weighted by atomic mass is 10.1. The lowest BCUT2D eigenvalue weighted by Crippen LogP contribution is -2.25. The number of ether oxygens (including phenoxy) is 2. The summed E-state index contributed by atoms with van der Waals surface area (Å²) in [6.07, 6.45) is -0.880. The molecule has 0 amide bonds. The van der Waals surface area contributed by atoms with Crippen molar-refractivity contribution in [3.05, 3.63) is 35.4 Å². The van der Waals surface area contributed by atoms with Gasteiger partial charge in [0.05, 0.1) is 25.9 Å². The van der Waals surface area contributed by atoms with E-state index in [4.69, 9.17) is 9.47 Å². The van der Waals surface area contributed by atoms with Crippen molar-refractivity contribution in [2.24, 2.45) is 0 Å². The van der Waals surface area contributed by atoms with Crippen molar-refractivity contribution in [3.63, 3.8) is 0 Å². The van der Waals surface area contributed by atoms with Crippen LogP contribution < -0.4 is 5.32 Å². The minimum Gasteiger partial charge on any atom is -0.387 e. The number of aliphatic hydroxyl groups excluding tert-OH is 1. The highest BCUT2D eigenvalue weighted by atomic mass is 19.2. The van der Waals surface area contributed by atoms with Gasteiger partial charge < -0.3 is 19.9 Å². The molecule has 1 unspecified atom stereocenters. The Morgan fingerprint density at radius 2 is 2.00 bits per heavy atom. The summed E-state index contributed by atoms with van der Waals surface area (Å²) in [7, 11) is 1.60. The van der Waals surface area contributed by atoms with Gasteiger partial charge in [0, 0.05) is 20.2 Å². The van der Waals surface area contributed by atoms with Gasteiger partial charge in [-0.25, -0.2) is 8.78 Å². The van der Waals surface area contributed by atoms with Crippen LogP contribution in [0.1, 0.15) is 11.7 Å². The second-order valence-electron chi connectivity index (χ2n) is 4.00. The summed E-state index contributed by atoms with van der Waals surface area (Å²) in [6, 6.07) is 3.36. The summed E-state index contributed by atoms with van der Waals surface area (Å²) >= 11 is 0. The molecule has 0 spiro atoms. The first kappa shape index (κ1) is 16.0. The highest BCUT2D eigenvalue weighted by Gasteiger charge is 2.10. The van der Waals surface area contributed by atoms with Crippen LogP contribution in [0.25, 0.3) is 0 Å². The van der Waals surface area contributed by atoms with E-state index in [1.165, 1.54) is 6.07 Å². The van der Waals surface area contributed by atoms with Crippen LogP contribution in [-0.4, -0.2) is 45.1 Å². The molecule has 0 fully saturated rings. The van der Waals surface area contributed by atoms with Gasteiger partial charge in [-0.1, -0.05) is 6.07 Å². The fraction of sp³-hybridized carbons (Fsp3) is 0.538. The molecule has 0 saturated heterocycles. The fourth-order valence-corrected chi connectivity index (χ4v) is 1.46. The molecular weight excluding hydrogens is 256 g/mol. The van der Waals surface area contributed by atoms with Crippen molar-refractivity contribution in [2.75, 3.05) is 40.0 Å². The highest BCUT2D eigenvalue weighted by molar-refractivity contribution is 5.20. The number of hydrogen-bond donors (Lipinski definition) is 2. The van der Waals surface area contributed by atoms with E-state index in [1.807, 2.05) is 0 Å². The normalized spacial score (nSPS) is 12.6. The molecule has 0 bridgehead atoms. The van der Waals surface area contributed by atoms with Gasteiger partial charge in [0.2, 0.25) is 0 Å². The maximum atomic E-state index is 13.0. The second-order valence-corrected chi connectivity index (χ2v) is 4.00. The molecule has 0 aliphatic heterocycles. The van der Waals surface area contributed by atoms with Crippen LogP contribution >= 0.6 is 0 Å². The average Bonchev–Trinajstić information content (AvgIpc) is 2.40. The quantitative estimate of drug-likeness (QED) is 0.666. The summed E-state index contributed by atoms with van der Waals surface area (Å²) in [6.45, 7) is 2.36. The van der Waals surface area contributed by atoms with Gasteiger partial charge in [-0.15, -0.1) is 0 Å². The van der Waals surface area contributed by atoms with Crippen LogP contribution in [0.4, 0.5) is 8.78 Å². The zero-order valence-corrected chi connectivity index (χ0v) is 10.9. The molecule has 0 heterocycles. The third kappa shape index (κ3) is 6.07. The predicted molar refractivity (Wildman–Crippen MR) is 66.9 cm³/mol. The fourth-order valence-electron chi connectivity index (χ4n) is 1.46. The number of methoxy groups -OCH3 is 1. The van der Waals surface area contributed by atoms with Gasteiger partial charge in [-0.05, 0) is 17.7 Å². The van der Waals surface area contributed by atoms with E-state index in [9.17, 15) is 13.9 Å². The molecule has 108 valence electrons. The molecule has 0 radical (unpaired) electrons. The Bertz CT molecular complexity index is 377. The molecule has 1 atom stereocenters. The maximum absolute atomic E-state index is 13.0. The number of benzene rings is 1. The standard InChI is InChI=1S/C13H19F2NO3/c1-18-6-7-19-5-4-16-9-13(17)10-2-3-11(14)12(15)8-10/h2-3,8,13,16-17H,4-7,9H2,1H3. The van der Waals surface area contributed by atoms with Gasteiger partial charge in [-0.2, -0.15) is 0 Å². The topological polar surface area (TPSA) is 50.7 Å². The molecule has 1 aromatic carbocycles. The molecule has 1 rings (SSSR count). The molecule has 0 aliphatic carbocycles. The molecule has 2 N–H and O–H groups in total. The van der Waals surface area contributed by atoms with Crippen LogP contribution in [0.2, 0.25) is 0 Å². The molecular formula is C13H19F2NO3. The molecule has 0 aliphatic rings. The van der Waals surface area contributed by atoms with Crippen LogP contribution in [0.5, 0.6) is 0 Å². The molecule has 6 heteroatoms. The third-order valence-corrected chi connectivity index (χ3v) is 2.52. The smallest absolute Gasteiger partial charge is 0.159 e. The first-order valence-corrected chi connectivity index (χ1v) is 6.05. The molecule has 1 aromatic rings. The minimum absolute atomic E-state index is 0.249. The molecule has 19 heavy (non-hydrogen) atoms. The van der Waals surface area contributed by atoms with Crippen molar-refractivity contribution in [1.29, 1.82) is 0 Å². The van der Waals surface area contributed by atoms with Crippen molar-refractivity contribution < 1.29 is 23.4 Å². The Morgan fingerprint density at radius 3 is 2.68 bits per heavy atom. The Labute approximate surface area is 111 Å². The van der Waals surface area contributed by atoms with Crippen LogP contribution in [0.15, 0.2) is 18.2 Å². The summed E-state index contributed by atoms with van der Waals surface area (Å²) in [5.74, 6) is -1.88. The van der Waals surface area contributed by atoms with Crippen molar-refractivity contribution in [1.82, 2.24) is 5.32 Å². The Kier molecular flexibility index (Phi) is 7.50. The minimum atomic E-state index is -0.959. The van der Waals surface area contributed by atoms with E-state index in [2.05, 4.69) is 5.32 Å².